The second kappa shape index (κ2) is 7.78. The number of hydrogen-bond donors (Lipinski definition) is 2. The van der Waals surface area contributed by atoms with Crippen LogP contribution in [-0.4, -0.2) is 33.4 Å². The Morgan fingerprint density at radius 2 is 2.11 bits per heavy atom. The second-order valence-electron chi connectivity index (χ2n) is 4.10. The summed E-state index contributed by atoms with van der Waals surface area (Å²) in [5.74, 6) is 1.40. The fourth-order valence-electron chi connectivity index (χ4n) is 1.69. The number of nitrogens with two attached hydrogens (primary N) is 1. The molecule has 0 atom stereocenters. The summed E-state index contributed by atoms with van der Waals surface area (Å²) >= 11 is 1.82. The number of nitrogen functional groups attached to an aromatic ring is 1. The van der Waals surface area contributed by atoms with Crippen LogP contribution in [0, 0.1) is 17.0 Å². The number of hydrogen-bond acceptors (Lipinski definition) is 7. The van der Waals surface area contributed by atoms with Crippen molar-refractivity contribution < 1.29 is 4.92 Å². The van der Waals surface area contributed by atoms with Gasteiger partial charge in [0.15, 0.2) is 0 Å². The standard InChI is InChI=1S/C11H19N5O2S/c1-8-9(16(17)18)10(15-11(12)14-8)13-6-4-3-5-7-19-2/h3-7H2,1-2H3,(H3,12,13,14,15). The van der Waals surface area contributed by atoms with Crippen LogP contribution in [0.2, 0.25) is 0 Å². The molecular formula is C11H19N5O2S. The first kappa shape index (κ1) is 15.5. The van der Waals surface area contributed by atoms with Crippen molar-refractivity contribution in [3.8, 4) is 0 Å². The van der Waals surface area contributed by atoms with Gasteiger partial charge < -0.3 is 11.1 Å². The van der Waals surface area contributed by atoms with Crippen LogP contribution in [0.1, 0.15) is 25.0 Å². The van der Waals surface area contributed by atoms with Crippen LogP contribution in [0.25, 0.3) is 0 Å². The number of nitro groups is 1. The van der Waals surface area contributed by atoms with E-state index < -0.39 is 4.92 Å². The molecule has 1 aromatic rings. The van der Waals surface area contributed by atoms with Crippen molar-refractivity contribution in [2.45, 2.75) is 26.2 Å². The fraction of sp³-hybridized carbons (Fsp3) is 0.636. The quantitative estimate of drug-likeness (QED) is 0.428. The van der Waals surface area contributed by atoms with Crippen LogP contribution < -0.4 is 11.1 Å². The highest BCUT2D eigenvalue weighted by atomic mass is 32.2. The van der Waals surface area contributed by atoms with Gasteiger partial charge in [-0.25, -0.2) is 4.98 Å². The third-order valence-corrected chi connectivity index (χ3v) is 3.27. The van der Waals surface area contributed by atoms with E-state index >= 15 is 0 Å². The normalized spacial score (nSPS) is 10.4. The Bertz CT molecular complexity index is 441. The summed E-state index contributed by atoms with van der Waals surface area (Å²) in [4.78, 5) is 18.2. The maximum absolute atomic E-state index is 11.0. The Hall–Kier alpha value is -1.57. The van der Waals surface area contributed by atoms with Crippen molar-refractivity contribution in [3.05, 3.63) is 15.8 Å². The molecule has 1 rings (SSSR count). The van der Waals surface area contributed by atoms with Gasteiger partial charge in [0.25, 0.3) is 0 Å². The molecule has 106 valence electrons. The van der Waals surface area contributed by atoms with Crippen LogP contribution in [0.3, 0.4) is 0 Å². The minimum absolute atomic E-state index is 0.0491. The molecule has 0 unspecified atom stereocenters. The average Bonchev–Trinajstić information content (AvgIpc) is 2.32. The maximum Gasteiger partial charge on any atom is 0.332 e. The molecule has 0 fully saturated rings. The molecule has 0 spiro atoms. The van der Waals surface area contributed by atoms with Crippen LogP contribution in [0.4, 0.5) is 17.5 Å². The van der Waals surface area contributed by atoms with E-state index in [9.17, 15) is 10.1 Å². The second-order valence-corrected chi connectivity index (χ2v) is 5.09. The maximum atomic E-state index is 11.0. The van der Waals surface area contributed by atoms with Gasteiger partial charge in [0.05, 0.1) is 4.92 Å². The summed E-state index contributed by atoms with van der Waals surface area (Å²) < 4.78 is 0. The van der Waals surface area contributed by atoms with Crippen LogP contribution in [0.15, 0.2) is 0 Å². The molecule has 7 nitrogen and oxygen atoms in total. The van der Waals surface area contributed by atoms with Gasteiger partial charge in [-0.3, -0.25) is 10.1 Å². The Morgan fingerprint density at radius 3 is 2.74 bits per heavy atom. The zero-order valence-corrected chi connectivity index (χ0v) is 12.0. The third kappa shape index (κ3) is 4.90. The summed E-state index contributed by atoms with van der Waals surface area (Å²) in [6, 6.07) is 0. The zero-order chi connectivity index (χ0) is 14.3. The number of nitrogens with zero attached hydrogens (tertiary/aromatic N) is 3. The van der Waals surface area contributed by atoms with Gasteiger partial charge in [0, 0.05) is 6.54 Å². The molecule has 19 heavy (non-hydrogen) atoms. The highest BCUT2D eigenvalue weighted by Crippen LogP contribution is 2.25. The first-order valence-corrected chi connectivity index (χ1v) is 7.47. The number of nitrogens with one attached hydrogen (secondary N) is 1. The summed E-state index contributed by atoms with van der Waals surface area (Å²) in [5.41, 5.74) is 5.69. The SMILES string of the molecule is CSCCCCCNc1nc(N)nc(C)c1[N+](=O)[O-]. The lowest BCUT2D eigenvalue weighted by Crippen LogP contribution is -2.10. The summed E-state index contributed by atoms with van der Waals surface area (Å²) in [6.07, 6.45) is 5.26. The predicted molar refractivity (Wildman–Crippen MR) is 78.6 cm³/mol. The van der Waals surface area contributed by atoms with E-state index in [-0.39, 0.29) is 23.1 Å². The van der Waals surface area contributed by atoms with Gasteiger partial charge in [0.2, 0.25) is 11.8 Å². The van der Waals surface area contributed by atoms with E-state index in [1.807, 2.05) is 11.8 Å². The first-order chi connectivity index (χ1) is 9.06. The van der Waals surface area contributed by atoms with Crippen molar-refractivity contribution in [2.75, 3.05) is 29.6 Å². The van der Waals surface area contributed by atoms with Crippen molar-refractivity contribution in [1.82, 2.24) is 9.97 Å². The van der Waals surface area contributed by atoms with Crippen molar-refractivity contribution in [2.24, 2.45) is 0 Å². The lowest BCUT2D eigenvalue weighted by Gasteiger charge is -2.08. The van der Waals surface area contributed by atoms with E-state index in [4.69, 9.17) is 5.73 Å². The number of aromatic nitrogens is 2. The first-order valence-electron chi connectivity index (χ1n) is 6.07. The number of anilines is 2. The minimum Gasteiger partial charge on any atom is -0.368 e. The van der Waals surface area contributed by atoms with Crippen LogP contribution >= 0.6 is 11.8 Å². The molecule has 0 aromatic carbocycles. The van der Waals surface area contributed by atoms with Gasteiger partial charge in [-0.2, -0.15) is 16.7 Å². The number of thioether (sulfide) groups is 1. The molecule has 0 aliphatic rings. The summed E-state index contributed by atoms with van der Waals surface area (Å²) in [7, 11) is 0. The molecule has 0 aliphatic carbocycles. The molecule has 1 heterocycles. The Kier molecular flexibility index (Phi) is 6.34. The predicted octanol–water partition coefficient (Wildman–Crippen LogP) is 2.22. The van der Waals surface area contributed by atoms with Crippen molar-refractivity contribution in [3.63, 3.8) is 0 Å². The molecule has 0 radical (unpaired) electrons. The van der Waals surface area contributed by atoms with Gasteiger partial charge >= 0.3 is 5.69 Å². The highest BCUT2D eigenvalue weighted by Gasteiger charge is 2.20. The van der Waals surface area contributed by atoms with E-state index in [0.717, 1.165) is 25.0 Å². The topological polar surface area (TPSA) is 107 Å². The lowest BCUT2D eigenvalue weighted by atomic mass is 10.2. The Labute approximate surface area is 116 Å². The monoisotopic (exact) mass is 285 g/mol. The molecule has 0 amide bonds. The summed E-state index contributed by atoms with van der Waals surface area (Å²) in [5, 5.41) is 13.9. The van der Waals surface area contributed by atoms with Gasteiger partial charge in [-0.15, -0.1) is 0 Å². The molecule has 0 bridgehead atoms. The summed E-state index contributed by atoms with van der Waals surface area (Å²) in [6.45, 7) is 2.20. The highest BCUT2D eigenvalue weighted by molar-refractivity contribution is 7.98. The molecule has 1 aromatic heterocycles. The van der Waals surface area contributed by atoms with E-state index in [2.05, 4.69) is 21.5 Å². The smallest absolute Gasteiger partial charge is 0.332 e. The number of aryl methyl sites for hydroxylation is 1. The van der Waals surface area contributed by atoms with Crippen LogP contribution in [-0.2, 0) is 0 Å². The third-order valence-electron chi connectivity index (χ3n) is 2.58. The van der Waals surface area contributed by atoms with E-state index in [1.165, 1.54) is 0 Å². The fourth-order valence-corrected chi connectivity index (χ4v) is 2.18. The van der Waals surface area contributed by atoms with E-state index in [1.54, 1.807) is 6.92 Å². The largest absolute Gasteiger partial charge is 0.368 e. The van der Waals surface area contributed by atoms with Gasteiger partial charge in [-0.1, -0.05) is 6.42 Å². The van der Waals surface area contributed by atoms with Gasteiger partial charge in [-0.05, 0) is 31.8 Å². The molecule has 3 N–H and O–H groups in total. The molecule has 0 saturated heterocycles. The zero-order valence-electron chi connectivity index (χ0n) is 11.2. The number of unbranched alkanes of at least 4 members (excludes halogenated alkanes) is 2. The van der Waals surface area contributed by atoms with Crippen LogP contribution in [0.5, 0.6) is 0 Å². The Balaban J connectivity index is 2.59. The van der Waals surface area contributed by atoms with E-state index in [0.29, 0.717) is 6.54 Å². The lowest BCUT2D eigenvalue weighted by molar-refractivity contribution is -0.385. The minimum atomic E-state index is -0.481. The van der Waals surface area contributed by atoms with Crippen molar-refractivity contribution >= 4 is 29.2 Å². The van der Waals surface area contributed by atoms with Crippen molar-refractivity contribution in [1.29, 1.82) is 0 Å². The van der Waals surface area contributed by atoms with Gasteiger partial charge in [0.1, 0.15) is 5.69 Å². The molecule has 8 heteroatoms. The average molecular weight is 285 g/mol. The number of rotatable bonds is 8. The molecule has 0 aliphatic heterocycles. The molecule has 0 saturated carbocycles. The Morgan fingerprint density at radius 1 is 1.37 bits per heavy atom. The molecular weight excluding hydrogens is 266 g/mol.